The second kappa shape index (κ2) is 7.58. The molecule has 0 radical (unpaired) electrons. The van der Waals surface area contributed by atoms with Gasteiger partial charge in [-0.2, -0.15) is 0 Å². The van der Waals surface area contributed by atoms with Crippen LogP contribution < -0.4 is 9.62 Å². The van der Waals surface area contributed by atoms with Crippen LogP contribution in [0.5, 0.6) is 0 Å². The average Bonchev–Trinajstić information content (AvgIpc) is 2.60. The Morgan fingerprint density at radius 3 is 2.38 bits per heavy atom. The lowest BCUT2D eigenvalue weighted by Crippen LogP contribution is -2.28. The number of nitrogens with zero attached hydrogens (tertiary/aromatic N) is 1. The van der Waals surface area contributed by atoms with Gasteiger partial charge in [0.1, 0.15) is 5.82 Å². The molecule has 0 bridgehead atoms. The van der Waals surface area contributed by atoms with Crippen molar-refractivity contribution in [2.45, 2.75) is 13.0 Å². The van der Waals surface area contributed by atoms with Crippen LogP contribution in [0.3, 0.4) is 0 Å². The molecule has 0 aromatic heterocycles. The number of sulfonamides is 1. The third kappa shape index (κ3) is 4.61. The summed E-state index contributed by atoms with van der Waals surface area (Å²) in [7, 11) is -2.11. The van der Waals surface area contributed by atoms with Crippen molar-refractivity contribution in [2.24, 2.45) is 0 Å². The van der Waals surface area contributed by atoms with E-state index in [-0.39, 0.29) is 17.4 Å². The molecule has 2 aromatic rings. The van der Waals surface area contributed by atoms with Gasteiger partial charge in [-0.05, 0) is 42.8 Å². The fourth-order valence-electron chi connectivity index (χ4n) is 2.31. The third-order valence-electron chi connectivity index (χ3n) is 3.93. The van der Waals surface area contributed by atoms with Crippen LogP contribution in [0.2, 0.25) is 0 Å². The first kappa shape index (κ1) is 19.5. The van der Waals surface area contributed by atoms with Crippen molar-refractivity contribution in [1.82, 2.24) is 5.32 Å². The lowest BCUT2D eigenvalue weighted by atomic mass is 10.1. The largest absolute Gasteiger partial charge is 0.346 e. The van der Waals surface area contributed by atoms with Crippen LogP contribution >= 0.6 is 0 Å². The zero-order chi connectivity index (χ0) is 19.5. The molecule has 1 N–H and O–H groups in total. The molecule has 7 heteroatoms. The van der Waals surface area contributed by atoms with E-state index in [0.717, 1.165) is 16.1 Å². The first-order valence-electron chi connectivity index (χ1n) is 7.73. The van der Waals surface area contributed by atoms with Crippen molar-refractivity contribution >= 4 is 21.6 Å². The summed E-state index contributed by atoms with van der Waals surface area (Å²) in [5.74, 6) is 1.64. The number of hydrogen-bond acceptors (Lipinski definition) is 3. The molecule has 0 aliphatic carbocycles. The first-order valence-corrected chi connectivity index (χ1v) is 9.58. The highest BCUT2D eigenvalue weighted by atomic mass is 32.2. The van der Waals surface area contributed by atoms with Crippen molar-refractivity contribution in [3.05, 3.63) is 65.0 Å². The Kier molecular flexibility index (Phi) is 5.68. The number of terminal acetylenes is 1. The quantitative estimate of drug-likeness (QED) is 0.819. The fourth-order valence-corrected chi connectivity index (χ4v) is 2.80. The summed E-state index contributed by atoms with van der Waals surface area (Å²) in [6.07, 6.45) is 6.48. The normalized spacial score (nSPS) is 12.1. The number of halogens is 1. The Bertz CT molecular complexity index is 963. The Balaban J connectivity index is 2.30. The highest BCUT2D eigenvalue weighted by Crippen LogP contribution is 2.21. The predicted octanol–water partition coefficient (Wildman–Crippen LogP) is 2.69. The molecule has 1 atom stereocenters. The molecule has 0 aliphatic heterocycles. The second-order valence-corrected chi connectivity index (χ2v) is 7.90. The van der Waals surface area contributed by atoms with Gasteiger partial charge in [0.2, 0.25) is 10.0 Å². The van der Waals surface area contributed by atoms with Crippen molar-refractivity contribution in [3.63, 3.8) is 0 Å². The topological polar surface area (TPSA) is 66.5 Å². The van der Waals surface area contributed by atoms with E-state index in [0.29, 0.717) is 11.3 Å². The maximum Gasteiger partial charge on any atom is 0.251 e. The molecule has 0 saturated carbocycles. The highest BCUT2D eigenvalue weighted by molar-refractivity contribution is 7.92. The smallest absolute Gasteiger partial charge is 0.251 e. The molecule has 0 fully saturated rings. The molecule has 0 aliphatic rings. The van der Waals surface area contributed by atoms with Gasteiger partial charge in [0.15, 0.2) is 0 Å². The van der Waals surface area contributed by atoms with E-state index in [1.54, 1.807) is 19.1 Å². The zero-order valence-corrected chi connectivity index (χ0v) is 15.5. The summed E-state index contributed by atoms with van der Waals surface area (Å²) in [6.45, 7) is 1.76. The Morgan fingerprint density at radius 1 is 1.23 bits per heavy atom. The van der Waals surface area contributed by atoms with Gasteiger partial charge in [0.05, 0.1) is 18.0 Å². The molecule has 26 heavy (non-hydrogen) atoms. The monoisotopic (exact) mass is 374 g/mol. The SMILES string of the molecule is C#Cc1cc(C(=O)NC(C)c2ccc(F)cc2)cc(N(C)S(C)(=O)=O)c1. The van der Waals surface area contributed by atoms with E-state index < -0.39 is 15.9 Å². The molecule has 2 aromatic carbocycles. The summed E-state index contributed by atoms with van der Waals surface area (Å²) in [5, 5.41) is 2.79. The minimum atomic E-state index is -3.50. The number of rotatable bonds is 5. The fraction of sp³-hybridized carbons (Fsp3) is 0.211. The van der Waals surface area contributed by atoms with Crippen LogP contribution in [-0.2, 0) is 10.0 Å². The molecule has 1 amide bonds. The van der Waals surface area contributed by atoms with Gasteiger partial charge < -0.3 is 5.32 Å². The minimum absolute atomic E-state index is 0.236. The van der Waals surface area contributed by atoms with Gasteiger partial charge in [-0.15, -0.1) is 6.42 Å². The summed E-state index contributed by atoms with van der Waals surface area (Å²) in [6, 6.07) is 9.91. The van der Waals surface area contributed by atoms with E-state index in [2.05, 4.69) is 11.2 Å². The number of nitrogens with one attached hydrogen (secondary N) is 1. The van der Waals surface area contributed by atoms with Gasteiger partial charge in [0.25, 0.3) is 5.91 Å². The van der Waals surface area contributed by atoms with E-state index >= 15 is 0 Å². The van der Waals surface area contributed by atoms with Crippen LogP contribution in [0.25, 0.3) is 0 Å². The lowest BCUT2D eigenvalue weighted by molar-refractivity contribution is 0.0940. The zero-order valence-electron chi connectivity index (χ0n) is 14.7. The molecule has 1 unspecified atom stereocenters. The number of carbonyl (C=O) groups is 1. The van der Waals surface area contributed by atoms with E-state index in [4.69, 9.17) is 6.42 Å². The van der Waals surface area contributed by atoms with Gasteiger partial charge in [-0.25, -0.2) is 12.8 Å². The standard InChI is InChI=1S/C19H19FN2O3S/c1-5-14-10-16(12-18(11-14)22(3)26(4,24)25)19(23)21-13(2)15-6-8-17(20)9-7-15/h1,6-13H,2-4H3,(H,21,23). The van der Waals surface area contributed by atoms with Crippen LogP contribution in [0.1, 0.15) is 34.5 Å². The molecule has 0 heterocycles. The van der Waals surface area contributed by atoms with Gasteiger partial charge in [-0.3, -0.25) is 9.10 Å². The molecular formula is C19H19FN2O3S. The summed E-state index contributed by atoms with van der Waals surface area (Å²) in [5.41, 5.74) is 1.65. The molecule has 136 valence electrons. The number of amides is 1. The number of benzene rings is 2. The van der Waals surface area contributed by atoms with Crippen LogP contribution in [-0.4, -0.2) is 27.6 Å². The highest BCUT2D eigenvalue weighted by Gasteiger charge is 2.17. The average molecular weight is 374 g/mol. The molecule has 5 nitrogen and oxygen atoms in total. The van der Waals surface area contributed by atoms with Gasteiger partial charge in [0, 0.05) is 18.2 Å². The molecule has 2 rings (SSSR count). The maximum atomic E-state index is 13.0. The first-order chi connectivity index (χ1) is 12.1. The Hall–Kier alpha value is -2.85. The second-order valence-electron chi connectivity index (χ2n) is 5.89. The predicted molar refractivity (Wildman–Crippen MR) is 99.9 cm³/mol. The Morgan fingerprint density at radius 2 is 1.85 bits per heavy atom. The number of carbonyl (C=O) groups excluding carboxylic acids is 1. The summed E-state index contributed by atoms with van der Waals surface area (Å²) < 4.78 is 37.6. The van der Waals surface area contributed by atoms with Gasteiger partial charge >= 0.3 is 0 Å². The third-order valence-corrected chi connectivity index (χ3v) is 5.13. The number of anilines is 1. The number of hydrogen-bond donors (Lipinski definition) is 1. The van der Waals surface area contributed by atoms with E-state index in [1.165, 1.54) is 37.4 Å². The van der Waals surface area contributed by atoms with Crippen LogP contribution in [0, 0.1) is 18.2 Å². The lowest BCUT2D eigenvalue weighted by Gasteiger charge is -2.19. The molecule has 0 spiro atoms. The summed E-state index contributed by atoms with van der Waals surface area (Å²) >= 11 is 0. The van der Waals surface area contributed by atoms with Crippen molar-refractivity contribution in [2.75, 3.05) is 17.6 Å². The van der Waals surface area contributed by atoms with E-state index in [9.17, 15) is 17.6 Å². The molecule has 0 saturated heterocycles. The maximum absolute atomic E-state index is 13.0. The van der Waals surface area contributed by atoms with Crippen LogP contribution in [0.4, 0.5) is 10.1 Å². The molecular weight excluding hydrogens is 355 g/mol. The van der Waals surface area contributed by atoms with Crippen molar-refractivity contribution in [3.8, 4) is 12.3 Å². The summed E-state index contributed by atoms with van der Waals surface area (Å²) in [4.78, 5) is 12.6. The Labute approximate surface area is 152 Å². The minimum Gasteiger partial charge on any atom is -0.346 e. The van der Waals surface area contributed by atoms with Gasteiger partial charge in [-0.1, -0.05) is 18.1 Å². The van der Waals surface area contributed by atoms with Crippen molar-refractivity contribution in [1.29, 1.82) is 0 Å². The van der Waals surface area contributed by atoms with E-state index in [1.807, 2.05) is 0 Å². The van der Waals surface area contributed by atoms with Crippen LogP contribution in [0.15, 0.2) is 42.5 Å². The van der Waals surface area contributed by atoms with Crippen molar-refractivity contribution < 1.29 is 17.6 Å².